The second kappa shape index (κ2) is 7.01. The summed E-state index contributed by atoms with van der Waals surface area (Å²) < 4.78 is 5.91. The van der Waals surface area contributed by atoms with Crippen LogP contribution in [0.2, 0.25) is 0 Å². The molecule has 1 saturated carbocycles. The number of carbonyl (C=O) groups is 1. The minimum atomic E-state index is 0.267. The van der Waals surface area contributed by atoms with Crippen molar-refractivity contribution >= 4 is 5.91 Å². The van der Waals surface area contributed by atoms with Crippen molar-refractivity contribution in [3.63, 3.8) is 0 Å². The van der Waals surface area contributed by atoms with Gasteiger partial charge in [0.1, 0.15) is 12.4 Å². The molecule has 0 aromatic heterocycles. The quantitative estimate of drug-likeness (QED) is 0.839. The van der Waals surface area contributed by atoms with Crippen LogP contribution in [0.4, 0.5) is 0 Å². The van der Waals surface area contributed by atoms with Crippen molar-refractivity contribution in [1.29, 1.82) is 0 Å². The first kappa shape index (κ1) is 16.8. The lowest BCUT2D eigenvalue weighted by Crippen LogP contribution is -2.33. The van der Waals surface area contributed by atoms with E-state index in [4.69, 9.17) is 4.74 Å². The van der Waals surface area contributed by atoms with Gasteiger partial charge in [-0.2, -0.15) is 0 Å². The molecule has 0 saturated heterocycles. The van der Waals surface area contributed by atoms with Crippen LogP contribution in [0, 0.1) is 5.92 Å². The van der Waals surface area contributed by atoms with Crippen LogP contribution in [-0.4, -0.2) is 35.4 Å². The number of carbonyl (C=O) groups excluding carboxylic acids is 1. The molecule has 2 aliphatic heterocycles. The van der Waals surface area contributed by atoms with Crippen LogP contribution < -0.4 is 4.74 Å². The van der Waals surface area contributed by atoms with Crippen molar-refractivity contribution in [3.8, 4) is 5.75 Å². The van der Waals surface area contributed by atoms with Gasteiger partial charge in [0.2, 0.25) is 5.91 Å². The second-order valence-electron chi connectivity index (χ2n) is 8.05. The van der Waals surface area contributed by atoms with Crippen molar-refractivity contribution in [1.82, 2.24) is 9.80 Å². The molecule has 3 aliphatic rings. The third-order valence-corrected chi connectivity index (χ3v) is 5.96. The van der Waals surface area contributed by atoms with E-state index in [1.807, 2.05) is 4.90 Å². The smallest absolute Gasteiger partial charge is 0.226 e. The number of ether oxygens (including phenoxy) is 1. The molecule has 1 fully saturated rings. The van der Waals surface area contributed by atoms with Crippen molar-refractivity contribution in [2.45, 2.75) is 38.9 Å². The maximum atomic E-state index is 12.5. The molecule has 0 radical (unpaired) electrons. The minimum absolute atomic E-state index is 0.267. The summed E-state index contributed by atoms with van der Waals surface area (Å²) in [7, 11) is 0. The van der Waals surface area contributed by atoms with Gasteiger partial charge in [-0.25, -0.2) is 0 Å². The van der Waals surface area contributed by atoms with Gasteiger partial charge < -0.3 is 9.64 Å². The zero-order valence-corrected chi connectivity index (χ0v) is 15.7. The van der Waals surface area contributed by atoms with E-state index in [9.17, 15) is 4.79 Å². The normalized spacial score (nSPS) is 19.6. The fourth-order valence-electron chi connectivity index (χ4n) is 4.27. The SMILES string of the molecule is O=C(C1CC1)N1CCOc2ccc(CN3CCc4ccccc4C3)cc2C1. The molecule has 4 heteroatoms. The van der Waals surface area contributed by atoms with E-state index in [0.29, 0.717) is 25.6 Å². The first-order valence-corrected chi connectivity index (χ1v) is 10.1. The molecular weight excluding hydrogens is 336 g/mol. The highest BCUT2D eigenvalue weighted by Gasteiger charge is 2.34. The van der Waals surface area contributed by atoms with E-state index in [1.54, 1.807) is 0 Å². The number of hydrogen-bond donors (Lipinski definition) is 0. The van der Waals surface area contributed by atoms with Crippen LogP contribution in [0.15, 0.2) is 42.5 Å². The van der Waals surface area contributed by atoms with E-state index in [1.165, 1.54) is 16.7 Å². The van der Waals surface area contributed by atoms with Gasteiger partial charge in [0.05, 0.1) is 6.54 Å². The number of nitrogens with zero attached hydrogens (tertiary/aromatic N) is 2. The van der Waals surface area contributed by atoms with Gasteiger partial charge in [-0.15, -0.1) is 0 Å². The minimum Gasteiger partial charge on any atom is -0.491 e. The van der Waals surface area contributed by atoms with Crippen LogP contribution in [0.3, 0.4) is 0 Å². The number of hydrogen-bond acceptors (Lipinski definition) is 3. The van der Waals surface area contributed by atoms with Gasteiger partial charge in [0.25, 0.3) is 0 Å². The van der Waals surface area contributed by atoms with E-state index in [-0.39, 0.29) is 5.92 Å². The predicted molar refractivity (Wildman–Crippen MR) is 104 cm³/mol. The number of rotatable bonds is 3. The van der Waals surface area contributed by atoms with Crippen molar-refractivity contribution in [3.05, 3.63) is 64.7 Å². The molecule has 1 aliphatic carbocycles. The second-order valence-corrected chi connectivity index (χ2v) is 8.05. The Kier molecular flexibility index (Phi) is 4.36. The third kappa shape index (κ3) is 3.59. The molecule has 0 atom stereocenters. The zero-order chi connectivity index (χ0) is 18.2. The lowest BCUT2D eigenvalue weighted by molar-refractivity contribution is -0.133. The molecule has 140 valence electrons. The molecule has 2 heterocycles. The highest BCUT2D eigenvalue weighted by atomic mass is 16.5. The Morgan fingerprint density at radius 1 is 1.00 bits per heavy atom. The van der Waals surface area contributed by atoms with Gasteiger partial charge >= 0.3 is 0 Å². The van der Waals surface area contributed by atoms with E-state index in [2.05, 4.69) is 47.4 Å². The number of fused-ring (bicyclic) bond motifs is 2. The largest absolute Gasteiger partial charge is 0.491 e. The van der Waals surface area contributed by atoms with Gasteiger partial charge in [-0.3, -0.25) is 9.69 Å². The Bertz CT molecular complexity index is 859. The molecule has 2 aromatic rings. The number of benzene rings is 2. The summed E-state index contributed by atoms with van der Waals surface area (Å²) in [5, 5.41) is 0. The molecule has 1 amide bonds. The lowest BCUT2D eigenvalue weighted by Gasteiger charge is -2.29. The first-order valence-electron chi connectivity index (χ1n) is 10.1. The molecule has 5 rings (SSSR count). The average Bonchev–Trinajstić information content (AvgIpc) is 3.54. The summed E-state index contributed by atoms with van der Waals surface area (Å²) in [5.41, 5.74) is 5.38. The molecule has 0 bridgehead atoms. The van der Waals surface area contributed by atoms with Crippen molar-refractivity contribution in [2.75, 3.05) is 19.7 Å². The Morgan fingerprint density at radius 2 is 1.85 bits per heavy atom. The third-order valence-electron chi connectivity index (χ3n) is 5.96. The molecule has 2 aromatic carbocycles. The monoisotopic (exact) mass is 362 g/mol. The average molecular weight is 362 g/mol. The Balaban J connectivity index is 1.31. The molecular formula is C23H26N2O2. The summed E-state index contributed by atoms with van der Waals surface area (Å²) in [4.78, 5) is 17.0. The predicted octanol–water partition coefficient (Wildman–Crippen LogP) is 3.38. The van der Waals surface area contributed by atoms with Gasteiger partial charge in [-0.05, 0) is 48.1 Å². The van der Waals surface area contributed by atoms with Crippen LogP contribution in [0.5, 0.6) is 5.75 Å². The van der Waals surface area contributed by atoms with Crippen LogP contribution >= 0.6 is 0 Å². The first-order chi connectivity index (χ1) is 13.3. The summed E-state index contributed by atoms with van der Waals surface area (Å²) in [5.74, 6) is 1.52. The highest BCUT2D eigenvalue weighted by molar-refractivity contribution is 5.81. The summed E-state index contributed by atoms with van der Waals surface area (Å²) in [6, 6.07) is 15.3. The summed E-state index contributed by atoms with van der Waals surface area (Å²) in [6.07, 6.45) is 3.23. The van der Waals surface area contributed by atoms with E-state index in [0.717, 1.165) is 50.2 Å². The van der Waals surface area contributed by atoms with Crippen molar-refractivity contribution < 1.29 is 9.53 Å². The van der Waals surface area contributed by atoms with E-state index < -0.39 is 0 Å². The Morgan fingerprint density at radius 3 is 2.70 bits per heavy atom. The standard InChI is InChI=1S/C23H26N2O2/c26-23(19-6-7-19)25-11-12-27-22-8-5-17(13-21(22)16-25)14-24-10-9-18-3-1-2-4-20(18)15-24/h1-5,8,13,19H,6-7,9-12,14-16H2. The van der Waals surface area contributed by atoms with Gasteiger partial charge in [0.15, 0.2) is 0 Å². The lowest BCUT2D eigenvalue weighted by atomic mass is 9.99. The van der Waals surface area contributed by atoms with E-state index >= 15 is 0 Å². The highest BCUT2D eigenvalue weighted by Crippen LogP contribution is 2.33. The van der Waals surface area contributed by atoms with Gasteiger partial charge in [0, 0.05) is 37.7 Å². The molecule has 4 nitrogen and oxygen atoms in total. The molecule has 0 N–H and O–H groups in total. The zero-order valence-electron chi connectivity index (χ0n) is 15.7. The summed E-state index contributed by atoms with van der Waals surface area (Å²) >= 11 is 0. The fraction of sp³-hybridized carbons (Fsp3) is 0.435. The topological polar surface area (TPSA) is 32.8 Å². The van der Waals surface area contributed by atoms with Crippen LogP contribution in [-0.2, 0) is 30.8 Å². The molecule has 0 unspecified atom stereocenters. The maximum Gasteiger partial charge on any atom is 0.226 e. The van der Waals surface area contributed by atoms with Crippen molar-refractivity contribution in [2.24, 2.45) is 5.92 Å². The molecule has 0 spiro atoms. The van der Waals surface area contributed by atoms with Gasteiger partial charge in [-0.1, -0.05) is 30.3 Å². The fourth-order valence-corrected chi connectivity index (χ4v) is 4.27. The molecule has 27 heavy (non-hydrogen) atoms. The maximum absolute atomic E-state index is 12.5. The Labute approximate surface area is 160 Å². The summed E-state index contributed by atoms with van der Waals surface area (Å²) in [6.45, 7) is 5.02. The van der Waals surface area contributed by atoms with Crippen LogP contribution in [0.1, 0.15) is 35.1 Å². The van der Waals surface area contributed by atoms with Crippen LogP contribution in [0.25, 0.3) is 0 Å². The number of amides is 1. The Hall–Kier alpha value is -2.33.